The third-order valence-electron chi connectivity index (χ3n) is 13.7. The molecule has 1 atom stereocenters. The molecule has 5 aliphatic rings. The Balaban J connectivity index is 0.753. The summed E-state index contributed by atoms with van der Waals surface area (Å²) in [4.78, 5) is 75.4. The predicted molar refractivity (Wildman–Crippen MR) is 233 cm³/mol. The summed E-state index contributed by atoms with van der Waals surface area (Å²) in [6, 6.07) is 7.61. The van der Waals surface area contributed by atoms with Gasteiger partial charge in [0.1, 0.15) is 17.5 Å². The molecule has 3 saturated heterocycles. The summed E-state index contributed by atoms with van der Waals surface area (Å²) in [7, 11) is 0. The van der Waals surface area contributed by atoms with E-state index in [4.69, 9.17) is 21.6 Å². The Morgan fingerprint density at radius 2 is 1.68 bits per heavy atom. The van der Waals surface area contributed by atoms with Crippen LogP contribution < -0.4 is 20.7 Å². The van der Waals surface area contributed by atoms with Crippen LogP contribution in [0.4, 0.5) is 11.4 Å². The molecule has 0 bridgehead atoms. The first-order chi connectivity index (χ1) is 29.0. The lowest BCUT2D eigenvalue weighted by atomic mass is 9.93. The van der Waals surface area contributed by atoms with Gasteiger partial charge in [-0.2, -0.15) is 0 Å². The third-order valence-corrected chi connectivity index (χ3v) is 14.2. The van der Waals surface area contributed by atoms with Crippen LogP contribution >= 0.6 is 11.6 Å². The summed E-state index contributed by atoms with van der Waals surface area (Å²) in [5.41, 5.74) is 6.37. The topological polar surface area (TPSA) is 137 Å². The summed E-state index contributed by atoms with van der Waals surface area (Å²) < 4.78 is 1.77. The monoisotopic (exact) mass is 831 g/mol. The number of carbonyl (C=O) groups is 3. The zero-order valence-electron chi connectivity index (χ0n) is 34.7. The van der Waals surface area contributed by atoms with E-state index >= 15 is 0 Å². The van der Waals surface area contributed by atoms with Crippen LogP contribution in [-0.2, 0) is 17.8 Å². The van der Waals surface area contributed by atoms with Crippen LogP contribution in [0.25, 0.3) is 11.0 Å². The minimum absolute atomic E-state index is 0.0473. The number of Topliss-reactive ketones (excluding diaryl/α,β-unsaturated/α-hetero) is 1. The fraction of sp³-hybridized carbons (Fsp3) is 0.500. The first kappa shape index (κ1) is 40.3. The van der Waals surface area contributed by atoms with Gasteiger partial charge in [-0.15, -0.1) is 0 Å². The van der Waals surface area contributed by atoms with Gasteiger partial charge < -0.3 is 20.0 Å². The number of pyridine rings is 2. The lowest BCUT2D eigenvalue weighted by molar-refractivity contribution is -0.126. The van der Waals surface area contributed by atoms with Gasteiger partial charge in [-0.05, 0) is 101 Å². The number of hydrogen-bond acceptors (Lipinski definition) is 10. The Labute approximate surface area is 355 Å². The number of piperazine rings is 1. The van der Waals surface area contributed by atoms with Crippen molar-refractivity contribution in [2.24, 2.45) is 5.92 Å². The van der Waals surface area contributed by atoms with Crippen molar-refractivity contribution in [3.8, 4) is 0 Å². The van der Waals surface area contributed by atoms with Crippen molar-refractivity contribution in [1.29, 1.82) is 0 Å². The molecular weight excluding hydrogens is 778 g/mol. The van der Waals surface area contributed by atoms with Crippen LogP contribution in [0, 0.1) is 12.8 Å². The largest absolute Gasteiger partial charge is 0.370 e. The van der Waals surface area contributed by atoms with Crippen LogP contribution in [0.3, 0.4) is 0 Å². The highest BCUT2D eigenvalue weighted by Gasteiger charge is 2.40. The number of piperidine rings is 2. The van der Waals surface area contributed by atoms with Gasteiger partial charge in [0.05, 0.1) is 34.6 Å². The Kier molecular flexibility index (Phi) is 11.2. The van der Waals surface area contributed by atoms with Gasteiger partial charge in [-0.1, -0.05) is 31.0 Å². The zero-order chi connectivity index (χ0) is 41.7. The van der Waals surface area contributed by atoms with Crippen LogP contribution in [0.1, 0.15) is 114 Å². The molecule has 2 amide bonds. The second-order valence-corrected chi connectivity index (χ2v) is 17.8. The van der Waals surface area contributed by atoms with Gasteiger partial charge in [0.2, 0.25) is 5.91 Å². The molecule has 1 saturated carbocycles. The second-order valence-electron chi connectivity index (χ2n) is 17.4. The first-order valence-electron chi connectivity index (χ1n) is 21.7. The molecule has 0 spiro atoms. The normalized spacial score (nSPS) is 20.7. The van der Waals surface area contributed by atoms with Gasteiger partial charge >= 0.3 is 0 Å². The lowest BCUT2D eigenvalue weighted by Crippen LogP contribution is -2.49. The molecule has 1 aliphatic carbocycles. The number of rotatable bonds is 10. The number of nitrogens with zero attached hydrogens (tertiary/aromatic N) is 8. The molecule has 13 nitrogen and oxygen atoms in total. The van der Waals surface area contributed by atoms with Gasteiger partial charge in [0.25, 0.3) is 11.5 Å². The minimum atomic E-state index is -0.500. The predicted octanol–water partition coefficient (Wildman–Crippen LogP) is 6.23. The highest BCUT2D eigenvalue weighted by atomic mass is 35.5. The van der Waals surface area contributed by atoms with E-state index in [1.54, 1.807) is 15.7 Å². The molecule has 7 heterocycles. The van der Waals surface area contributed by atoms with E-state index in [2.05, 4.69) is 43.7 Å². The maximum Gasteiger partial charge on any atom is 0.263 e. The average Bonchev–Trinajstić information content (AvgIpc) is 3.89. The molecule has 60 heavy (non-hydrogen) atoms. The molecule has 1 N–H and O–H groups in total. The molecule has 14 heteroatoms. The Morgan fingerprint density at radius 1 is 0.917 bits per heavy atom. The third kappa shape index (κ3) is 7.70. The molecule has 314 valence electrons. The molecule has 4 aromatic rings. The van der Waals surface area contributed by atoms with E-state index in [1.165, 1.54) is 13.3 Å². The second kappa shape index (κ2) is 16.7. The maximum absolute atomic E-state index is 13.6. The molecule has 1 unspecified atom stereocenters. The number of carbonyl (C=O) groups excluding carboxylic acids is 3. The number of aryl methyl sites for hydroxylation is 1. The molecular formula is C46H54ClN9O4. The van der Waals surface area contributed by atoms with E-state index < -0.39 is 6.04 Å². The summed E-state index contributed by atoms with van der Waals surface area (Å²) in [6.45, 7) is 14.3. The number of fused-ring (bicyclic) bond motifs is 2. The maximum atomic E-state index is 13.6. The zero-order valence-corrected chi connectivity index (χ0v) is 35.5. The number of benzene rings is 1. The highest BCUT2D eigenvalue weighted by Crippen LogP contribution is 2.39. The van der Waals surface area contributed by atoms with Gasteiger partial charge in [0.15, 0.2) is 5.78 Å². The number of amides is 2. The van der Waals surface area contributed by atoms with Gasteiger partial charge in [0, 0.05) is 86.0 Å². The number of nitrogens with one attached hydrogen (secondary N) is 1. The first-order valence-corrected chi connectivity index (χ1v) is 22.1. The van der Waals surface area contributed by atoms with Gasteiger partial charge in [-0.3, -0.25) is 33.6 Å². The van der Waals surface area contributed by atoms with Crippen molar-refractivity contribution in [2.75, 3.05) is 55.6 Å². The van der Waals surface area contributed by atoms with Crippen LogP contribution in [0.15, 0.2) is 53.7 Å². The van der Waals surface area contributed by atoms with Crippen LogP contribution in [0.2, 0.25) is 5.02 Å². The molecule has 3 aromatic heterocycles. The van der Waals surface area contributed by atoms with Crippen molar-refractivity contribution in [2.45, 2.75) is 96.7 Å². The van der Waals surface area contributed by atoms with Gasteiger partial charge in [-0.25, -0.2) is 9.97 Å². The Hall–Kier alpha value is -5.14. The van der Waals surface area contributed by atoms with Crippen LogP contribution in [-0.4, -0.2) is 98.8 Å². The fourth-order valence-electron chi connectivity index (χ4n) is 10.2. The number of allylic oxidation sites excluding steroid dienone is 1. The van der Waals surface area contributed by atoms with E-state index in [1.807, 2.05) is 25.3 Å². The van der Waals surface area contributed by atoms with Crippen LogP contribution in [0.5, 0.6) is 0 Å². The average molecular weight is 832 g/mol. The van der Waals surface area contributed by atoms with E-state index in [-0.39, 0.29) is 34.8 Å². The smallest absolute Gasteiger partial charge is 0.263 e. The Bertz CT molecular complexity index is 2410. The Morgan fingerprint density at radius 3 is 2.38 bits per heavy atom. The molecule has 0 radical (unpaired) electrons. The van der Waals surface area contributed by atoms with Crippen molar-refractivity contribution < 1.29 is 14.4 Å². The number of ketones is 1. The highest BCUT2D eigenvalue weighted by molar-refractivity contribution is 6.35. The SMILES string of the molecule is C=C1CCC(N2Cc3c(ccc(N4CCN(CCC5CCN(c6ccc(Cc7ncc8c(C)c(C(C)=O)c(=O)n(C9CCCC9)c8n7)nc6)CC5)CC4)c3Cl)C2=O)C(=O)N1. The van der Waals surface area contributed by atoms with E-state index in [0.717, 1.165) is 112 Å². The molecule has 9 rings (SSSR count). The molecule has 1 aromatic carbocycles. The molecule has 4 aliphatic heterocycles. The minimum Gasteiger partial charge on any atom is -0.370 e. The van der Waals surface area contributed by atoms with E-state index in [9.17, 15) is 19.2 Å². The fourth-order valence-corrected chi connectivity index (χ4v) is 10.6. The standard InChI is InChI=1S/C46H54ClN9O4/c1-28-8-12-39(44(58)50-28)55-27-37-35(45(55)59)11-13-38(42(37)47)54-22-20-52(21-23-54)17-14-31-15-18-53(19-16-31)34-10-9-32(48-25-34)24-40-49-26-36-29(2)41(30(3)57)46(60)56(43(36)51-40)33-6-4-5-7-33/h9-11,13,25-26,31,33,39H,1,4-8,12,14-24,27H2,2-3H3,(H,50,58). The van der Waals surface area contributed by atoms with Crippen molar-refractivity contribution in [3.63, 3.8) is 0 Å². The summed E-state index contributed by atoms with van der Waals surface area (Å²) in [6.07, 6.45) is 12.9. The number of anilines is 2. The molecule has 4 fully saturated rings. The van der Waals surface area contributed by atoms with E-state index in [0.29, 0.717) is 65.0 Å². The summed E-state index contributed by atoms with van der Waals surface area (Å²) >= 11 is 6.99. The summed E-state index contributed by atoms with van der Waals surface area (Å²) in [5.74, 6) is 0.780. The number of aromatic nitrogens is 4. The lowest BCUT2D eigenvalue weighted by Gasteiger charge is -2.38. The number of hydrogen-bond donors (Lipinski definition) is 1. The number of halogens is 1. The van der Waals surface area contributed by atoms with Crippen molar-refractivity contribution in [1.82, 2.24) is 34.6 Å². The quantitative estimate of drug-likeness (QED) is 0.183. The summed E-state index contributed by atoms with van der Waals surface area (Å²) in [5, 5.41) is 4.19. The van der Waals surface area contributed by atoms with Crippen molar-refractivity contribution >= 4 is 51.6 Å². The van der Waals surface area contributed by atoms with Crippen molar-refractivity contribution in [3.05, 3.63) is 98.1 Å².